The Bertz CT molecular complexity index is 581. The highest BCUT2D eigenvalue weighted by atomic mass is 35.5. The lowest BCUT2D eigenvalue weighted by Gasteiger charge is -2.28. The second-order valence-corrected chi connectivity index (χ2v) is 5.54. The molecule has 0 unspecified atom stereocenters. The van der Waals surface area contributed by atoms with E-state index in [0.29, 0.717) is 12.8 Å². The van der Waals surface area contributed by atoms with E-state index in [-0.39, 0.29) is 10.6 Å². The Morgan fingerprint density at radius 1 is 1.43 bits per heavy atom. The number of nitrogens with zero attached hydrogens (tertiary/aromatic N) is 1. The van der Waals surface area contributed by atoms with Gasteiger partial charge in [0.05, 0.1) is 28.6 Å². The molecule has 21 heavy (non-hydrogen) atoms. The number of hydrogen-bond acceptors (Lipinski definition) is 3. The van der Waals surface area contributed by atoms with Crippen LogP contribution in [0.1, 0.15) is 23.2 Å². The van der Waals surface area contributed by atoms with Gasteiger partial charge in [0.15, 0.2) is 0 Å². The van der Waals surface area contributed by atoms with Crippen molar-refractivity contribution in [3.63, 3.8) is 0 Å². The van der Waals surface area contributed by atoms with E-state index in [9.17, 15) is 19.1 Å². The first-order valence-electron chi connectivity index (χ1n) is 6.53. The summed E-state index contributed by atoms with van der Waals surface area (Å²) >= 11 is 5.80. The van der Waals surface area contributed by atoms with E-state index in [1.807, 2.05) is 0 Å². The van der Waals surface area contributed by atoms with Crippen molar-refractivity contribution >= 4 is 23.4 Å². The van der Waals surface area contributed by atoms with Crippen molar-refractivity contribution in [2.75, 3.05) is 7.05 Å². The number of aliphatic hydroxyl groups is 1. The molecule has 2 amide bonds. The standard InChI is InChI=1S/C14H16ClFN2O3/c1-18(10-6-5-8(12(10)19)13(17)20)14(21)7-3-2-4-9(16)11(7)15/h2-4,8,10,12,19H,5-6H2,1H3,(H2,17,20)/t8-,10-,12+/m1/s1. The molecule has 0 aliphatic heterocycles. The highest BCUT2D eigenvalue weighted by Gasteiger charge is 2.41. The fourth-order valence-electron chi connectivity index (χ4n) is 2.70. The summed E-state index contributed by atoms with van der Waals surface area (Å²) in [6.45, 7) is 0. The number of benzene rings is 1. The van der Waals surface area contributed by atoms with Crippen molar-refractivity contribution in [3.8, 4) is 0 Å². The fraction of sp³-hybridized carbons (Fsp3) is 0.429. The van der Waals surface area contributed by atoms with Crippen molar-refractivity contribution < 1.29 is 19.1 Å². The topological polar surface area (TPSA) is 83.6 Å². The van der Waals surface area contributed by atoms with Crippen LogP contribution in [0.15, 0.2) is 18.2 Å². The molecule has 0 saturated heterocycles. The lowest BCUT2D eigenvalue weighted by Crippen LogP contribution is -2.45. The fourth-order valence-corrected chi connectivity index (χ4v) is 2.91. The van der Waals surface area contributed by atoms with Crippen molar-refractivity contribution in [3.05, 3.63) is 34.6 Å². The van der Waals surface area contributed by atoms with E-state index < -0.39 is 35.7 Å². The number of amides is 2. The van der Waals surface area contributed by atoms with Gasteiger partial charge in [-0.2, -0.15) is 0 Å². The van der Waals surface area contributed by atoms with Crippen LogP contribution in [0.5, 0.6) is 0 Å². The van der Waals surface area contributed by atoms with Gasteiger partial charge in [-0.15, -0.1) is 0 Å². The molecule has 2 rings (SSSR count). The number of rotatable bonds is 3. The van der Waals surface area contributed by atoms with Gasteiger partial charge in [0.2, 0.25) is 5.91 Å². The van der Waals surface area contributed by atoms with Crippen LogP contribution in [-0.4, -0.2) is 41.0 Å². The van der Waals surface area contributed by atoms with Gasteiger partial charge < -0.3 is 15.7 Å². The minimum atomic E-state index is -1.02. The summed E-state index contributed by atoms with van der Waals surface area (Å²) in [4.78, 5) is 24.9. The summed E-state index contributed by atoms with van der Waals surface area (Å²) in [6.07, 6.45) is -0.164. The van der Waals surface area contributed by atoms with Crippen molar-refractivity contribution in [2.24, 2.45) is 11.7 Å². The maximum absolute atomic E-state index is 13.4. The number of carbonyl (C=O) groups is 2. The quantitative estimate of drug-likeness (QED) is 0.878. The Morgan fingerprint density at radius 3 is 2.67 bits per heavy atom. The Hall–Kier alpha value is -1.66. The second kappa shape index (κ2) is 5.99. The summed E-state index contributed by atoms with van der Waals surface area (Å²) in [5.41, 5.74) is 5.23. The van der Waals surface area contributed by atoms with E-state index in [2.05, 4.69) is 0 Å². The Kier molecular flexibility index (Phi) is 4.49. The molecule has 1 aliphatic carbocycles. The Morgan fingerprint density at radius 2 is 2.10 bits per heavy atom. The molecule has 0 bridgehead atoms. The Labute approximate surface area is 126 Å². The maximum atomic E-state index is 13.4. The van der Waals surface area contributed by atoms with Gasteiger partial charge in [-0.3, -0.25) is 9.59 Å². The molecule has 0 spiro atoms. The highest BCUT2D eigenvalue weighted by Crippen LogP contribution is 2.31. The van der Waals surface area contributed by atoms with Gasteiger partial charge in [-0.25, -0.2) is 4.39 Å². The zero-order chi connectivity index (χ0) is 15.7. The van der Waals surface area contributed by atoms with Gasteiger partial charge >= 0.3 is 0 Å². The van der Waals surface area contributed by atoms with E-state index in [1.165, 1.54) is 24.1 Å². The molecule has 5 nitrogen and oxygen atoms in total. The summed E-state index contributed by atoms with van der Waals surface area (Å²) < 4.78 is 13.4. The second-order valence-electron chi connectivity index (χ2n) is 5.16. The number of aliphatic hydroxyl groups excluding tert-OH is 1. The monoisotopic (exact) mass is 314 g/mol. The third-order valence-corrected chi connectivity index (χ3v) is 4.33. The van der Waals surface area contributed by atoms with Gasteiger partial charge in [0.25, 0.3) is 5.91 Å². The lowest BCUT2D eigenvalue weighted by atomic mass is 10.0. The normalized spacial score (nSPS) is 24.9. The highest BCUT2D eigenvalue weighted by molar-refractivity contribution is 6.34. The van der Waals surface area contributed by atoms with Crippen LogP contribution in [0.25, 0.3) is 0 Å². The molecule has 3 N–H and O–H groups in total. The molecule has 114 valence electrons. The summed E-state index contributed by atoms with van der Waals surface area (Å²) in [5, 5.41) is 9.85. The van der Waals surface area contributed by atoms with Gasteiger partial charge in [-0.05, 0) is 25.0 Å². The van der Waals surface area contributed by atoms with E-state index in [1.54, 1.807) is 0 Å². The molecule has 1 fully saturated rings. The lowest BCUT2D eigenvalue weighted by molar-refractivity contribution is -0.124. The van der Waals surface area contributed by atoms with Crippen LogP contribution in [0.3, 0.4) is 0 Å². The number of primary amides is 1. The molecule has 1 aromatic rings. The molecule has 7 heteroatoms. The molecular formula is C14H16ClFN2O3. The molecule has 0 heterocycles. The van der Waals surface area contributed by atoms with Gasteiger partial charge in [0.1, 0.15) is 5.82 Å². The third kappa shape index (κ3) is 2.87. The predicted octanol–water partition coefficient (Wildman–Crippen LogP) is 1.18. The van der Waals surface area contributed by atoms with Crippen molar-refractivity contribution in [1.82, 2.24) is 4.90 Å². The smallest absolute Gasteiger partial charge is 0.255 e. The first-order valence-corrected chi connectivity index (χ1v) is 6.91. The zero-order valence-electron chi connectivity index (χ0n) is 11.4. The third-order valence-electron chi connectivity index (χ3n) is 3.95. The van der Waals surface area contributed by atoms with Gasteiger partial charge in [0, 0.05) is 7.05 Å². The summed E-state index contributed by atoms with van der Waals surface area (Å²) in [6, 6.07) is 3.41. The molecule has 0 radical (unpaired) electrons. The minimum Gasteiger partial charge on any atom is -0.390 e. The molecule has 3 atom stereocenters. The molecule has 1 saturated carbocycles. The van der Waals surface area contributed by atoms with E-state index in [4.69, 9.17) is 17.3 Å². The average Bonchev–Trinajstić information content (AvgIpc) is 2.82. The van der Waals surface area contributed by atoms with Crippen molar-refractivity contribution in [2.45, 2.75) is 25.0 Å². The number of hydrogen-bond donors (Lipinski definition) is 2. The SMILES string of the molecule is CN(C(=O)c1cccc(F)c1Cl)[C@@H]1CC[C@@H](C(N)=O)[C@@H]1O. The van der Waals surface area contributed by atoms with Crippen LogP contribution < -0.4 is 5.73 Å². The first kappa shape index (κ1) is 15.7. The van der Waals surface area contributed by atoms with Crippen LogP contribution in [0, 0.1) is 11.7 Å². The zero-order valence-corrected chi connectivity index (χ0v) is 12.2. The van der Waals surface area contributed by atoms with Crippen LogP contribution in [0.4, 0.5) is 4.39 Å². The van der Waals surface area contributed by atoms with Crippen LogP contribution in [0.2, 0.25) is 5.02 Å². The van der Waals surface area contributed by atoms with Crippen LogP contribution >= 0.6 is 11.6 Å². The molecular weight excluding hydrogens is 299 g/mol. The van der Waals surface area contributed by atoms with Gasteiger partial charge in [-0.1, -0.05) is 17.7 Å². The predicted molar refractivity (Wildman–Crippen MR) is 75.2 cm³/mol. The minimum absolute atomic E-state index is 0.0221. The molecule has 0 aromatic heterocycles. The largest absolute Gasteiger partial charge is 0.390 e. The first-order chi connectivity index (χ1) is 9.84. The molecule has 1 aromatic carbocycles. The molecule has 1 aliphatic rings. The maximum Gasteiger partial charge on any atom is 0.255 e. The van der Waals surface area contributed by atoms with E-state index >= 15 is 0 Å². The number of nitrogens with two attached hydrogens (primary N) is 1. The Balaban J connectivity index is 2.21. The average molecular weight is 315 g/mol. The number of carbonyl (C=O) groups excluding carboxylic acids is 2. The number of likely N-dealkylation sites (N-methyl/N-ethyl adjacent to an activating group) is 1. The van der Waals surface area contributed by atoms with E-state index in [0.717, 1.165) is 6.07 Å². The van der Waals surface area contributed by atoms with Crippen molar-refractivity contribution in [1.29, 1.82) is 0 Å². The summed E-state index contributed by atoms with van der Waals surface area (Å²) in [5.74, 6) is -2.45. The van der Waals surface area contributed by atoms with Crippen LogP contribution in [-0.2, 0) is 4.79 Å². The summed E-state index contributed by atoms with van der Waals surface area (Å²) in [7, 11) is 1.49. The number of halogens is 2.